The fourth-order valence-electron chi connectivity index (χ4n) is 0.982. The molecule has 82 valence electrons. The molecular weight excluding hydrogens is 210 g/mol. The van der Waals surface area contributed by atoms with Crippen LogP contribution in [0.5, 0.6) is 0 Å². The lowest BCUT2D eigenvalue weighted by Gasteiger charge is -2.06. The van der Waals surface area contributed by atoms with Gasteiger partial charge < -0.3 is 4.74 Å². The molecule has 0 spiro atoms. The van der Waals surface area contributed by atoms with Gasteiger partial charge in [-0.1, -0.05) is 5.92 Å². The van der Waals surface area contributed by atoms with Crippen LogP contribution in [0.2, 0.25) is 0 Å². The molecule has 0 aliphatic rings. The van der Waals surface area contributed by atoms with Gasteiger partial charge in [-0.05, 0) is 19.1 Å². The van der Waals surface area contributed by atoms with Crippen LogP contribution in [0, 0.1) is 22.5 Å². The first-order valence-electron chi connectivity index (χ1n) is 4.46. The van der Waals surface area contributed by atoms with Crippen LogP contribution in [0.1, 0.15) is 17.3 Å². The van der Waals surface area contributed by atoms with Gasteiger partial charge in [-0.2, -0.15) is 0 Å². The Labute approximate surface area is 92.2 Å². The highest BCUT2D eigenvalue weighted by Crippen LogP contribution is 2.13. The second-order valence-electron chi connectivity index (χ2n) is 3.02. The van der Waals surface area contributed by atoms with E-state index < -0.39 is 17.0 Å². The van der Waals surface area contributed by atoms with Crippen molar-refractivity contribution in [1.82, 2.24) is 0 Å². The van der Waals surface area contributed by atoms with Gasteiger partial charge >= 0.3 is 5.97 Å². The molecule has 0 amide bonds. The Kier molecular flexibility index (Phi) is 3.62. The van der Waals surface area contributed by atoms with Crippen LogP contribution < -0.4 is 0 Å². The van der Waals surface area contributed by atoms with E-state index >= 15 is 0 Å². The summed E-state index contributed by atoms with van der Waals surface area (Å²) in [7, 11) is 0. The highest BCUT2D eigenvalue weighted by molar-refractivity contribution is 5.89. The second-order valence-corrected chi connectivity index (χ2v) is 3.02. The maximum Gasteiger partial charge on any atom is 0.339 e. The van der Waals surface area contributed by atoms with Crippen molar-refractivity contribution < 1.29 is 14.5 Å². The van der Waals surface area contributed by atoms with Crippen molar-refractivity contribution in [3.63, 3.8) is 0 Å². The summed E-state index contributed by atoms with van der Waals surface area (Å²) in [6, 6.07) is 5.11. The monoisotopic (exact) mass is 219 g/mol. The number of rotatable bonds is 3. The van der Waals surface area contributed by atoms with Crippen LogP contribution in [-0.4, -0.2) is 17.0 Å². The third-order valence-electron chi connectivity index (χ3n) is 1.83. The minimum absolute atomic E-state index is 0.0819. The lowest BCUT2D eigenvalue weighted by atomic mass is 10.2. The first-order valence-corrected chi connectivity index (χ1v) is 4.46. The molecule has 0 aliphatic heterocycles. The van der Waals surface area contributed by atoms with Gasteiger partial charge in [-0.15, -0.1) is 6.42 Å². The molecule has 16 heavy (non-hydrogen) atoms. The van der Waals surface area contributed by atoms with Crippen LogP contribution in [-0.2, 0) is 4.74 Å². The van der Waals surface area contributed by atoms with E-state index in [1.165, 1.54) is 24.3 Å². The Bertz CT molecular complexity index is 444. The molecule has 0 unspecified atom stereocenters. The highest BCUT2D eigenvalue weighted by atomic mass is 16.6. The summed E-state index contributed by atoms with van der Waals surface area (Å²) in [5, 5.41) is 10.4. The van der Waals surface area contributed by atoms with E-state index in [4.69, 9.17) is 11.2 Å². The molecule has 0 bridgehead atoms. The van der Waals surface area contributed by atoms with Gasteiger partial charge in [0.15, 0.2) is 6.10 Å². The first kappa shape index (κ1) is 11.7. The summed E-state index contributed by atoms with van der Waals surface area (Å²) in [5.41, 5.74) is 0.147. The number of benzene rings is 1. The number of non-ortho nitro benzene ring substituents is 1. The van der Waals surface area contributed by atoms with E-state index in [-0.39, 0.29) is 11.3 Å². The van der Waals surface area contributed by atoms with E-state index in [2.05, 4.69) is 5.92 Å². The number of nitrogens with zero attached hydrogens (tertiary/aromatic N) is 1. The molecular formula is C11H9NO4. The zero-order chi connectivity index (χ0) is 12.1. The highest BCUT2D eigenvalue weighted by Gasteiger charge is 2.12. The van der Waals surface area contributed by atoms with Gasteiger partial charge in [0.05, 0.1) is 10.5 Å². The van der Waals surface area contributed by atoms with Gasteiger partial charge in [-0.3, -0.25) is 10.1 Å². The van der Waals surface area contributed by atoms with Gasteiger partial charge in [0.2, 0.25) is 0 Å². The number of carbonyl (C=O) groups excluding carboxylic acids is 1. The van der Waals surface area contributed by atoms with Crippen molar-refractivity contribution in [2.24, 2.45) is 0 Å². The number of nitro groups is 1. The number of terminal acetylenes is 1. The number of carbonyl (C=O) groups is 1. The Morgan fingerprint density at radius 2 is 2.06 bits per heavy atom. The lowest BCUT2D eigenvalue weighted by Crippen LogP contribution is -2.12. The Balaban J connectivity index is 2.79. The van der Waals surface area contributed by atoms with E-state index in [1.807, 2.05) is 0 Å². The Morgan fingerprint density at radius 1 is 1.50 bits per heavy atom. The van der Waals surface area contributed by atoms with Crippen LogP contribution in [0.15, 0.2) is 24.3 Å². The lowest BCUT2D eigenvalue weighted by molar-refractivity contribution is -0.384. The Morgan fingerprint density at radius 3 is 2.50 bits per heavy atom. The van der Waals surface area contributed by atoms with Crippen molar-refractivity contribution in [3.8, 4) is 12.3 Å². The molecule has 0 aromatic heterocycles. The number of ether oxygens (including phenoxy) is 1. The largest absolute Gasteiger partial charge is 0.446 e. The predicted molar refractivity (Wildman–Crippen MR) is 56.8 cm³/mol. The molecule has 0 saturated carbocycles. The fraction of sp³-hybridized carbons (Fsp3) is 0.182. The molecule has 0 aliphatic carbocycles. The molecule has 0 heterocycles. The third-order valence-corrected chi connectivity index (χ3v) is 1.83. The van der Waals surface area contributed by atoms with Crippen molar-refractivity contribution in [2.75, 3.05) is 0 Å². The molecule has 0 radical (unpaired) electrons. The standard InChI is InChI=1S/C11H9NO4/c1-3-8(2)16-11(13)9-4-6-10(7-5-9)12(14)15/h1,4-8H,2H3/t8-/m1/s1. The van der Waals surface area contributed by atoms with Gasteiger partial charge in [0.1, 0.15) is 0 Å². The molecule has 0 N–H and O–H groups in total. The predicted octanol–water partition coefficient (Wildman–Crippen LogP) is 1.77. The summed E-state index contributed by atoms with van der Waals surface area (Å²) in [4.78, 5) is 21.2. The molecule has 5 nitrogen and oxygen atoms in total. The quantitative estimate of drug-likeness (QED) is 0.336. The number of hydrogen-bond acceptors (Lipinski definition) is 4. The van der Waals surface area contributed by atoms with Gasteiger partial charge in [0.25, 0.3) is 5.69 Å². The normalized spacial score (nSPS) is 11.2. The van der Waals surface area contributed by atoms with Crippen molar-refractivity contribution in [3.05, 3.63) is 39.9 Å². The maximum absolute atomic E-state index is 11.4. The van der Waals surface area contributed by atoms with Crippen LogP contribution in [0.4, 0.5) is 5.69 Å². The second kappa shape index (κ2) is 4.94. The topological polar surface area (TPSA) is 69.4 Å². The summed E-state index contributed by atoms with van der Waals surface area (Å²) >= 11 is 0. The van der Waals surface area contributed by atoms with E-state index in [0.717, 1.165) is 0 Å². The maximum atomic E-state index is 11.4. The molecule has 1 aromatic rings. The molecule has 1 atom stereocenters. The summed E-state index contributed by atoms with van der Waals surface area (Å²) in [6.45, 7) is 1.56. The minimum Gasteiger partial charge on any atom is -0.446 e. The van der Waals surface area contributed by atoms with Crippen LogP contribution in [0.25, 0.3) is 0 Å². The SMILES string of the molecule is C#C[C@@H](C)OC(=O)c1ccc([N+](=O)[O-])cc1. The smallest absolute Gasteiger partial charge is 0.339 e. The zero-order valence-corrected chi connectivity index (χ0v) is 8.54. The summed E-state index contributed by atoms with van der Waals surface area (Å²) in [5.74, 6) is 1.65. The molecule has 0 fully saturated rings. The van der Waals surface area contributed by atoms with E-state index in [1.54, 1.807) is 6.92 Å². The summed E-state index contributed by atoms with van der Waals surface area (Å²) < 4.78 is 4.84. The molecule has 1 aromatic carbocycles. The average Bonchev–Trinajstić information content (AvgIpc) is 2.28. The molecule has 1 rings (SSSR count). The van der Waals surface area contributed by atoms with Gasteiger partial charge in [0, 0.05) is 12.1 Å². The van der Waals surface area contributed by atoms with Gasteiger partial charge in [-0.25, -0.2) is 4.79 Å². The third kappa shape index (κ3) is 2.82. The van der Waals surface area contributed by atoms with Crippen molar-refractivity contribution in [1.29, 1.82) is 0 Å². The van der Waals surface area contributed by atoms with E-state index in [0.29, 0.717) is 0 Å². The van der Waals surface area contributed by atoms with Crippen LogP contribution >= 0.6 is 0 Å². The van der Waals surface area contributed by atoms with E-state index in [9.17, 15) is 14.9 Å². The molecule has 0 saturated heterocycles. The first-order chi connectivity index (χ1) is 7.54. The Hall–Kier alpha value is -2.35. The average molecular weight is 219 g/mol. The number of hydrogen-bond donors (Lipinski definition) is 0. The summed E-state index contributed by atoms with van der Waals surface area (Å²) in [6.07, 6.45) is 4.42. The zero-order valence-electron chi connectivity index (χ0n) is 8.54. The minimum atomic E-state index is -0.623. The fourth-order valence-corrected chi connectivity index (χ4v) is 0.982. The van der Waals surface area contributed by atoms with Crippen LogP contribution in [0.3, 0.4) is 0 Å². The number of nitro benzene ring substituents is 1. The van der Waals surface area contributed by atoms with Crippen molar-refractivity contribution in [2.45, 2.75) is 13.0 Å². The molecule has 5 heteroatoms. The van der Waals surface area contributed by atoms with Crippen molar-refractivity contribution >= 4 is 11.7 Å². The number of esters is 1.